The van der Waals surface area contributed by atoms with E-state index in [9.17, 15) is 4.79 Å². The van der Waals surface area contributed by atoms with Gasteiger partial charge in [-0.25, -0.2) is 4.79 Å². The second-order valence-corrected chi connectivity index (χ2v) is 6.96. The van der Waals surface area contributed by atoms with E-state index in [4.69, 9.17) is 10.00 Å². The van der Waals surface area contributed by atoms with E-state index in [0.29, 0.717) is 18.0 Å². The van der Waals surface area contributed by atoms with Gasteiger partial charge in [0.2, 0.25) is 0 Å². The van der Waals surface area contributed by atoms with Crippen LogP contribution in [0, 0.1) is 23.2 Å². The van der Waals surface area contributed by atoms with Crippen molar-refractivity contribution in [1.82, 2.24) is 5.32 Å². The highest BCUT2D eigenvalue weighted by molar-refractivity contribution is 5.67. The van der Waals surface area contributed by atoms with Gasteiger partial charge in [0.15, 0.2) is 0 Å². The van der Waals surface area contributed by atoms with E-state index in [0.717, 1.165) is 12.2 Å². The number of benzene rings is 1. The summed E-state index contributed by atoms with van der Waals surface area (Å²) in [6, 6.07) is 9.44. The minimum Gasteiger partial charge on any atom is -0.444 e. The van der Waals surface area contributed by atoms with E-state index in [1.165, 1.54) is 0 Å². The predicted octanol–water partition coefficient (Wildman–Crippen LogP) is 3.77. The van der Waals surface area contributed by atoms with Crippen LogP contribution < -0.4 is 10.6 Å². The van der Waals surface area contributed by atoms with Gasteiger partial charge in [0.25, 0.3) is 0 Å². The highest BCUT2D eigenvalue weighted by Crippen LogP contribution is 2.14. The number of hydrogen-bond acceptors (Lipinski definition) is 4. The minimum atomic E-state index is -0.488. The Kier molecular flexibility index (Phi) is 6.89. The maximum atomic E-state index is 11.7. The fraction of sp³-hybridized carbons (Fsp3) is 0.556. The molecule has 1 amide bonds. The van der Waals surface area contributed by atoms with Crippen LogP contribution in [0.3, 0.4) is 0 Å². The molecule has 0 aliphatic rings. The number of amides is 1. The number of alkyl carbamates (subject to hydrolysis) is 1. The number of nitriles is 1. The zero-order valence-electron chi connectivity index (χ0n) is 14.6. The van der Waals surface area contributed by atoms with E-state index >= 15 is 0 Å². The molecule has 23 heavy (non-hydrogen) atoms. The summed E-state index contributed by atoms with van der Waals surface area (Å²) in [7, 11) is 0. The van der Waals surface area contributed by atoms with E-state index in [2.05, 4.69) is 30.6 Å². The maximum Gasteiger partial charge on any atom is 0.407 e. The molecule has 2 N–H and O–H groups in total. The first kappa shape index (κ1) is 18.8. The first-order chi connectivity index (χ1) is 10.7. The lowest BCUT2D eigenvalue weighted by molar-refractivity contribution is 0.0516. The third-order valence-electron chi connectivity index (χ3n) is 3.43. The summed E-state index contributed by atoms with van der Waals surface area (Å²) < 4.78 is 5.26. The summed E-state index contributed by atoms with van der Waals surface area (Å²) in [5, 5.41) is 15.0. The van der Waals surface area contributed by atoms with Gasteiger partial charge in [-0.1, -0.05) is 13.8 Å². The molecule has 1 atom stereocenters. The molecule has 1 aromatic carbocycles. The van der Waals surface area contributed by atoms with Gasteiger partial charge in [0.1, 0.15) is 5.60 Å². The fourth-order valence-corrected chi connectivity index (χ4v) is 1.98. The Morgan fingerprint density at radius 2 is 1.83 bits per heavy atom. The highest BCUT2D eigenvalue weighted by Gasteiger charge is 2.19. The number of carbonyl (C=O) groups is 1. The van der Waals surface area contributed by atoms with Crippen LogP contribution in [0.5, 0.6) is 0 Å². The summed E-state index contributed by atoms with van der Waals surface area (Å²) in [5.41, 5.74) is 1.12. The van der Waals surface area contributed by atoms with Crippen molar-refractivity contribution in [2.45, 2.75) is 40.2 Å². The van der Waals surface area contributed by atoms with Crippen LogP contribution in [0.15, 0.2) is 24.3 Å². The van der Waals surface area contributed by atoms with Crippen molar-refractivity contribution in [3.63, 3.8) is 0 Å². The van der Waals surface area contributed by atoms with Crippen LogP contribution in [-0.2, 0) is 4.74 Å². The molecule has 1 rings (SSSR count). The van der Waals surface area contributed by atoms with E-state index < -0.39 is 5.60 Å². The van der Waals surface area contributed by atoms with Gasteiger partial charge in [-0.15, -0.1) is 0 Å². The Morgan fingerprint density at radius 3 is 2.30 bits per heavy atom. The lowest BCUT2D eigenvalue weighted by Crippen LogP contribution is -2.38. The van der Waals surface area contributed by atoms with Crippen molar-refractivity contribution in [2.75, 3.05) is 18.4 Å². The normalized spacial score (nSPS) is 12.4. The largest absolute Gasteiger partial charge is 0.444 e. The van der Waals surface area contributed by atoms with Crippen molar-refractivity contribution in [1.29, 1.82) is 5.26 Å². The molecule has 1 unspecified atom stereocenters. The lowest BCUT2D eigenvalue weighted by atomic mass is 9.95. The predicted molar refractivity (Wildman–Crippen MR) is 92.2 cm³/mol. The minimum absolute atomic E-state index is 0.276. The number of nitrogens with one attached hydrogen (secondary N) is 2. The molecular formula is C18H27N3O2. The van der Waals surface area contributed by atoms with Crippen LogP contribution >= 0.6 is 0 Å². The molecule has 0 radical (unpaired) electrons. The first-order valence-corrected chi connectivity index (χ1v) is 7.92. The molecule has 0 fully saturated rings. The molecular weight excluding hydrogens is 290 g/mol. The molecule has 0 aromatic heterocycles. The number of anilines is 1. The van der Waals surface area contributed by atoms with Crippen molar-refractivity contribution in [2.24, 2.45) is 11.8 Å². The van der Waals surface area contributed by atoms with Crippen molar-refractivity contribution in [3.8, 4) is 6.07 Å². The molecule has 0 bridgehead atoms. The van der Waals surface area contributed by atoms with E-state index in [1.54, 1.807) is 12.1 Å². The summed E-state index contributed by atoms with van der Waals surface area (Å²) in [4.78, 5) is 11.7. The Hall–Kier alpha value is -2.22. The number of hydrogen-bond donors (Lipinski definition) is 2. The Bertz CT molecular complexity index is 539. The van der Waals surface area contributed by atoms with E-state index in [1.807, 2.05) is 32.9 Å². The summed E-state index contributed by atoms with van der Waals surface area (Å²) in [6.07, 6.45) is -0.387. The van der Waals surface area contributed by atoms with Gasteiger partial charge in [0, 0.05) is 18.8 Å². The molecule has 0 saturated heterocycles. The molecule has 5 nitrogen and oxygen atoms in total. The SMILES string of the molecule is CC(C)C(CNC(=O)OC(C)(C)C)CNc1ccc(C#N)cc1. The fourth-order valence-electron chi connectivity index (χ4n) is 1.98. The third kappa shape index (κ3) is 7.55. The van der Waals surface area contributed by atoms with Crippen LogP contribution in [0.25, 0.3) is 0 Å². The zero-order chi connectivity index (χ0) is 17.5. The molecule has 0 aliphatic heterocycles. The number of carbonyl (C=O) groups excluding carboxylic acids is 1. The van der Waals surface area contributed by atoms with Gasteiger partial charge in [0.05, 0.1) is 11.6 Å². The quantitative estimate of drug-likeness (QED) is 0.837. The van der Waals surface area contributed by atoms with Crippen LogP contribution in [0.1, 0.15) is 40.2 Å². The van der Waals surface area contributed by atoms with Crippen molar-refractivity contribution < 1.29 is 9.53 Å². The second-order valence-electron chi connectivity index (χ2n) is 6.96. The summed E-state index contributed by atoms with van der Waals surface area (Å²) in [6.45, 7) is 11.1. The van der Waals surface area contributed by atoms with Gasteiger partial charge in [-0.05, 0) is 56.9 Å². The van der Waals surface area contributed by atoms with Crippen LogP contribution in [0.2, 0.25) is 0 Å². The third-order valence-corrected chi connectivity index (χ3v) is 3.43. The number of ether oxygens (including phenoxy) is 1. The standard InChI is InChI=1S/C18H27N3O2/c1-13(2)15(12-21-17(22)23-18(3,4)5)11-20-16-8-6-14(10-19)7-9-16/h6-9,13,15,20H,11-12H2,1-5H3,(H,21,22). The van der Waals surface area contributed by atoms with E-state index in [-0.39, 0.29) is 12.0 Å². The molecule has 0 heterocycles. The Balaban J connectivity index is 2.48. The first-order valence-electron chi connectivity index (χ1n) is 7.92. The number of rotatable bonds is 6. The Morgan fingerprint density at radius 1 is 1.22 bits per heavy atom. The number of nitrogens with zero attached hydrogens (tertiary/aromatic N) is 1. The van der Waals surface area contributed by atoms with Crippen LogP contribution in [-0.4, -0.2) is 24.8 Å². The molecule has 5 heteroatoms. The molecule has 126 valence electrons. The average Bonchev–Trinajstić information content (AvgIpc) is 2.45. The lowest BCUT2D eigenvalue weighted by Gasteiger charge is -2.24. The molecule has 0 spiro atoms. The smallest absolute Gasteiger partial charge is 0.407 e. The zero-order valence-corrected chi connectivity index (χ0v) is 14.6. The van der Waals surface area contributed by atoms with Crippen molar-refractivity contribution in [3.05, 3.63) is 29.8 Å². The van der Waals surface area contributed by atoms with Crippen molar-refractivity contribution >= 4 is 11.8 Å². The highest BCUT2D eigenvalue weighted by atomic mass is 16.6. The summed E-state index contributed by atoms with van der Waals surface area (Å²) >= 11 is 0. The molecule has 0 aliphatic carbocycles. The average molecular weight is 317 g/mol. The maximum absolute atomic E-state index is 11.7. The van der Waals surface area contributed by atoms with Gasteiger partial charge in [-0.3, -0.25) is 0 Å². The van der Waals surface area contributed by atoms with Crippen LogP contribution in [0.4, 0.5) is 10.5 Å². The molecule has 0 saturated carbocycles. The Labute approximate surface area is 139 Å². The second kappa shape index (κ2) is 8.42. The molecule has 1 aromatic rings. The monoisotopic (exact) mass is 317 g/mol. The van der Waals surface area contributed by atoms with Gasteiger partial charge in [-0.2, -0.15) is 5.26 Å². The van der Waals surface area contributed by atoms with Gasteiger partial charge >= 0.3 is 6.09 Å². The summed E-state index contributed by atoms with van der Waals surface area (Å²) in [5.74, 6) is 0.689. The topological polar surface area (TPSA) is 74.2 Å². The van der Waals surface area contributed by atoms with Gasteiger partial charge < -0.3 is 15.4 Å².